The van der Waals surface area contributed by atoms with Gasteiger partial charge >= 0.3 is 12.1 Å². The maximum absolute atomic E-state index is 13.4. The first-order chi connectivity index (χ1) is 15.6. The van der Waals surface area contributed by atoms with Crippen molar-refractivity contribution in [3.8, 4) is 0 Å². The molecule has 180 valence electrons. The summed E-state index contributed by atoms with van der Waals surface area (Å²) in [7, 11) is 3.77. The molecule has 1 aromatic heterocycles. The van der Waals surface area contributed by atoms with Gasteiger partial charge in [-0.15, -0.1) is 0 Å². The van der Waals surface area contributed by atoms with Crippen molar-refractivity contribution in [2.75, 3.05) is 38.3 Å². The van der Waals surface area contributed by atoms with Gasteiger partial charge in [0.1, 0.15) is 0 Å². The van der Waals surface area contributed by atoms with E-state index in [-0.39, 0.29) is 11.3 Å². The number of alkyl halides is 3. The Kier molecular flexibility index (Phi) is 7.48. The van der Waals surface area contributed by atoms with Crippen molar-refractivity contribution in [3.63, 3.8) is 0 Å². The molecule has 2 aliphatic heterocycles. The third kappa shape index (κ3) is 5.22. The molecule has 1 saturated heterocycles. The van der Waals surface area contributed by atoms with Gasteiger partial charge in [0, 0.05) is 44.8 Å². The van der Waals surface area contributed by atoms with E-state index >= 15 is 0 Å². The Bertz CT molecular complexity index is 981. The lowest BCUT2D eigenvalue weighted by atomic mass is 9.73. The number of aliphatic carboxylic acids is 1. The van der Waals surface area contributed by atoms with Crippen LogP contribution in [0.3, 0.4) is 0 Å². The lowest BCUT2D eigenvalue weighted by molar-refractivity contribution is -0.192. The molecule has 0 atom stereocenters. The highest BCUT2D eigenvalue weighted by Crippen LogP contribution is 2.47. The van der Waals surface area contributed by atoms with Crippen molar-refractivity contribution in [2.24, 2.45) is 7.05 Å². The molecule has 33 heavy (non-hydrogen) atoms. The van der Waals surface area contributed by atoms with Crippen molar-refractivity contribution >= 4 is 17.6 Å². The predicted molar refractivity (Wildman–Crippen MR) is 116 cm³/mol. The molecule has 4 rings (SSSR count). The van der Waals surface area contributed by atoms with Crippen LogP contribution in [0.15, 0.2) is 42.6 Å². The summed E-state index contributed by atoms with van der Waals surface area (Å²) in [5, 5.41) is 7.12. The van der Waals surface area contributed by atoms with E-state index in [0.717, 1.165) is 38.2 Å². The second-order valence-electron chi connectivity index (χ2n) is 8.24. The number of ether oxygens (including phenoxy) is 1. The number of aryl methyl sites for hydroxylation is 1. The average molecular weight is 467 g/mol. The third-order valence-electron chi connectivity index (χ3n) is 6.27. The van der Waals surface area contributed by atoms with Crippen LogP contribution in [0.1, 0.15) is 24.1 Å². The van der Waals surface area contributed by atoms with E-state index < -0.39 is 12.1 Å². The fraction of sp³-hybridized carbons (Fsp3) is 0.478. The maximum Gasteiger partial charge on any atom is 0.490 e. The van der Waals surface area contributed by atoms with Gasteiger partial charge in [0.15, 0.2) is 0 Å². The van der Waals surface area contributed by atoms with Gasteiger partial charge in [-0.3, -0.25) is 9.69 Å². The number of piperidine rings is 1. The summed E-state index contributed by atoms with van der Waals surface area (Å²) in [5.74, 6) is -2.50. The monoisotopic (exact) mass is 467 g/mol. The number of carbonyl (C=O) groups is 2. The van der Waals surface area contributed by atoms with Crippen LogP contribution in [0, 0.1) is 0 Å². The van der Waals surface area contributed by atoms with Crippen molar-refractivity contribution < 1.29 is 32.6 Å². The molecular weight excluding hydrogens is 439 g/mol. The minimum atomic E-state index is -5.08. The third-order valence-corrected chi connectivity index (χ3v) is 6.27. The molecule has 1 amide bonds. The summed E-state index contributed by atoms with van der Waals surface area (Å²) in [6.45, 7) is 4.03. The summed E-state index contributed by atoms with van der Waals surface area (Å²) in [6.07, 6.45) is -1.22. The molecule has 1 N–H and O–H groups in total. The molecule has 0 radical (unpaired) electrons. The second kappa shape index (κ2) is 9.96. The van der Waals surface area contributed by atoms with E-state index in [0.29, 0.717) is 13.2 Å². The fourth-order valence-electron chi connectivity index (χ4n) is 4.47. The van der Waals surface area contributed by atoms with Gasteiger partial charge in [-0.1, -0.05) is 18.2 Å². The number of anilines is 1. The van der Waals surface area contributed by atoms with Gasteiger partial charge in [-0.2, -0.15) is 13.2 Å². The number of methoxy groups -OCH3 is 1. The van der Waals surface area contributed by atoms with E-state index in [1.165, 1.54) is 11.3 Å². The number of halogens is 3. The first kappa shape index (κ1) is 24.8. The zero-order chi connectivity index (χ0) is 24.2. The van der Waals surface area contributed by atoms with Crippen LogP contribution in [0.4, 0.5) is 18.9 Å². The van der Waals surface area contributed by atoms with E-state index in [4.69, 9.17) is 14.6 Å². The quantitative estimate of drug-likeness (QED) is 0.731. The van der Waals surface area contributed by atoms with Gasteiger partial charge in [0.05, 0.1) is 12.0 Å². The zero-order valence-corrected chi connectivity index (χ0v) is 18.6. The van der Waals surface area contributed by atoms with Gasteiger partial charge in [-0.25, -0.2) is 4.79 Å². The normalized spacial score (nSPS) is 17.6. The highest BCUT2D eigenvalue weighted by Gasteiger charge is 2.51. The standard InChI is InChI=1S/C21H27N3O2.C2HF3O2/c1-22-11-5-6-17(22)16-23-12-9-21(10-13-23)18-7-3-4-8-19(18)24(20(21)25)14-15-26-2;3-2(4,5)1(6)7/h3-8,11H,9-10,12-16H2,1-2H3;(H,6,7). The second-order valence-corrected chi connectivity index (χ2v) is 8.24. The number of aromatic nitrogens is 1. The minimum absolute atomic E-state index is 0.259. The number of likely N-dealkylation sites (tertiary alicyclic amines) is 1. The Morgan fingerprint density at radius 2 is 1.79 bits per heavy atom. The molecule has 1 fully saturated rings. The topological polar surface area (TPSA) is 75.0 Å². The highest BCUT2D eigenvalue weighted by molar-refractivity contribution is 6.08. The van der Waals surface area contributed by atoms with Crippen molar-refractivity contribution in [1.29, 1.82) is 0 Å². The number of hydrogen-bond donors (Lipinski definition) is 1. The molecular formula is C23H28F3N3O4. The Labute approximate surface area is 190 Å². The number of benzene rings is 1. The Morgan fingerprint density at radius 3 is 2.33 bits per heavy atom. The van der Waals surface area contributed by atoms with Crippen LogP contribution >= 0.6 is 0 Å². The molecule has 2 aromatic rings. The zero-order valence-electron chi connectivity index (χ0n) is 18.6. The van der Waals surface area contributed by atoms with Crippen LogP contribution in [0.25, 0.3) is 0 Å². The van der Waals surface area contributed by atoms with Crippen molar-refractivity contribution in [2.45, 2.75) is 31.0 Å². The van der Waals surface area contributed by atoms with E-state index in [1.54, 1.807) is 7.11 Å². The summed E-state index contributed by atoms with van der Waals surface area (Å²) < 4.78 is 39.1. The molecule has 1 spiro atoms. The number of carboxylic acids is 1. The lowest BCUT2D eigenvalue weighted by Crippen LogP contribution is -2.49. The predicted octanol–water partition coefficient (Wildman–Crippen LogP) is 3.19. The fourth-order valence-corrected chi connectivity index (χ4v) is 4.47. The SMILES string of the molecule is COCCN1C(=O)C2(CCN(Cc3cccn3C)CC2)c2ccccc21.O=C(O)C(F)(F)F. The Balaban J connectivity index is 0.000000383. The summed E-state index contributed by atoms with van der Waals surface area (Å²) in [5.41, 5.74) is 3.25. The maximum atomic E-state index is 13.4. The number of nitrogens with zero attached hydrogens (tertiary/aromatic N) is 3. The van der Waals surface area contributed by atoms with Gasteiger partial charge < -0.3 is 19.3 Å². The van der Waals surface area contributed by atoms with Gasteiger partial charge in [-0.05, 0) is 49.7 Å². The molecule has 1 aromatic carbocycles. The number of carboxylic acid groups (broad SMARTS) is 1. The molecule has 0 unspecified atom stereocenters. The number of para-hydroxylation sites is 1. The molecule has 3 heterocycles. The van der Waals surface area contributed by atoms with Crippen molar-refractivity contribution in [1.82, 2.24) is 9.47 Å². The molecule has 7 nitrogen and oxygen atoms in total. The molecule has 0 saturated carbocycles. The number of fused-ring (bicyclic) bond motifs is 2. The first-order valence-electron chi connectivity index (χ1n) is 10.6. The Morgan fingerprint density at radius 1 is 1.15 bits per heavy atom. The van der Waals surface area contributed by atoms with Crippen molar-refractivity contribution in [3.05, 3.63) is 53.9 Å². The molecule has 0 bridgehead atoms. The van der Waals surface area contributed by atoms with E-state index in [1.807, 2.05) is 11.0 Å². The number of rotatable bonds is 5. The van der Waals surface area contributed by atoms with Crippen LogP contribution in [0.2, 0.25) is 0 Å². The average Bonchev–Trinajstić information content (AvgIpc) is 3.28. The molecule has 2 aliphatic rings. The lowest BCUT2D eigenvalue weighted by Gasteiger charge is -2.38. The van der Waals surface area contributed by atoms with E-state index in [9.17, 15) is 18.0 Å². The van der Waals surface area contributed by atoms with Crippen LogP contribution < -0.4 is 4.90 Å². The van der Waals surface area contributed by atoms with Gasteiger partial charge in [0.25, 0.3) is 0 Å². The molecule has 0 aliphatic carbocycles. The number of carbonyl (C=O) groups excluding carboxylic acids is 1. The summed E-state index contributed by atoms with van der Waals surface area (Å²) in [4.78, 5) is 26.7. The summed E-state index contributed by atoms with van der Waals surface area (Å²) in [6, 6.07) is 12.6. The largest absolute Gasteiger partial charge is 0.490 e. The van der Waals surface area contributed by atoms with E-state index in [2.05, 4.69) is 53.0 Å². The van der Waals surface area contributed by atoms with Crippen LogP contribution in [-0.2, 0) is 33.3 Å². The number of amides is 1. The smallest absolute Gasteiger partial charge is 0.475 e. The molecule has 10 heteroatoms. The number of hydrogen-bond acceptors (Lipinski definition) is 4. The van der Waals surface area contributed by atoms with Crippen LogP contribution in [-0.4, -0.2) is 66.0 Å². The Hall–Kier alpha value is -2.85. The summed E-state index contributed by atoms with van der Waals surface area (Å²) >= 11 is 0. The van der Waals surface area contributed by atoms with Crippen LogP contribution in [0.5, 0.6) is 0 Å². The van der Waals surface area contributed by atoms with Gasteiger partial charge in [0.2, 0.25) is 5.91 Å². The minimum Gasteiger partial charge on any atom is -0.475 e. The highest BCUT2D eigenvalue weighted by atomic mass is 19.4. The first-order valence-corrected chi connectivity index (χ1v) is 10.6.